The summed E-state index contributed by atoms with van der Waals surface area (Å²) in [5, 5.41) is 7.43. The molecule has 2 aliphatic heterocycles. The van der Waals surface area contributed by atoms with Crippen LogP contribution < -0.4 is 4.90 Å². The second-order valence-electron chi connectivity index (χ2n) is 12.5. The molecule has 0 radical (unpaired) electrons. The Hall–Kier alpha value is -3.11. The van der Waals surface area contributed by atoms with E-state index in [1.165, 1.54) is 7.11 Å². The van der Waals surface area contributed by atoms with Gasteiger partial charge in [-0.1, -0.05) is 37.0 Å². The molecule has 1 aliphatic carbocycles. The minimum absolute atomic E-state index is 0.0115. The van der Waals surface area contributed by atoms with Crippen LogP contribution in [0.15, 0.2) is 35.7 Å². The van der Waals surface area contributed by atoms with Gasteiger partial charge in [0.2, 0.25) is 5.95 Å². The van der Waals surface area contributed by atoms with E-state index in [4.69, 9.17) is 42.6 Å². The van der Waals surface area contributed by atoms with E-state index in [0.29, 0.717) is 48.2 Å². The van der Waals surface area contributed by atoms with E-state index in [-0.39, 0.29) is 48.1 Å². The van der Waals surface area contributed by atoms with Gasteiger partial charge in [0, 0.05) is 72.8 Å². The summed E-state index contributed by atoms with van der Waals surface area (Å²) < 4.78 is 11.0. The van der Waals surface area contributed by atoms with Crippen molar-refractivity contribution in [3.63, 3.8) is 0 Å². The Bertz CT molecular complexity index is 1320. The molecule has 1 amide bonds. The lowest BCUT2D eigenvalue weighted by molar-refractivity contribution is -0.147. The van der Waals surface area contributed by atoms with Crippen molar-refractivity contribution in [1.29, 1.82) is 0 Å². The number of carbonyl (C=O) groups excluding carboxylic acids is 2. The first kappa shape index (κ1) is 33.3. The number of esters is 1. The fourth-order valence-electron chi connectivity index (χ4n) is 7.01. The van der Waals surface area contributed by atoms with Crippen molar-refractivity contribution in [2.24, 2.45) is 11.0 Å². The van der Waals surface area contributed by atoms with Crippen LogP contribution in [0.2, 0.25) is 10.0 Å². The number of hydrogen-bond donors (Lipinski definition) is 0. The maximum absolute atomic E-state index is 13.7. The maximum Gasteiger partial charge on any atom is 0.410 e. The molecule has 4 atom stereocenters. The number of aromatic nitrogens is 2. The lowest BCUT2D eigenvalue weighted by Gasteiger charge is -2.47. The first-order chi connectivity index (χ1) is 21.7. The fourth-order valence-corrected chi connectivity index (χ4v) is 7.58. The van der Waals surface area contributed by atoms with Gasteiger partial charge in [0.1, 0.15) is 6.10 Å². The number of halogens is 2. The molecule has 1 saturated carbocycles. The van der Waals surface area contributed by atoms with Crippen LogP contribution in [0.1, 0.15) is 82.3 Å². The number of benzene rings is 1. The van der Waals surface area contributed by atoms with Crippen LogP contribution in [0.25, 0.3) is 0 Å². The van der Waals surface area contributed by atoms with E-state index < -0.39 is 0 Å². The van der Waals surface area contributed by atoms with Gasteiger partial charge in [-0.2, -0.15) is 5.10 Å². The lowest BCUT2D eigenvalue weighted by atomic mass is 9.87. The Morgan fingerprint density at radius 3 is 2.13 bits per heavy atom. The molecule has 1 aromatic carbocycles. The molecule has 5 rings (SSSR count). The van der Waals surface area contributed by atoms with Crippen LogP contribution >= 0.6 is 23.2 Å². The summed E-state index contributed by atoms with van der Waals surface area (Å²) in [6.45, 7) is 5.56. The summed E-state index contributed by atoms with van der Waals surface area (Å²) in [5.41, 5.74) is 1.99. The third-order valence-electron chi connectivity index (χ3n) is 9.47. The van der Waals surface area contributed by atoms with Crippen LogP contribution in [-0.4, -0.2) is 83.1 Å². The number of piperidine rings is 1. The van der Waals surface area contributed by atoms with Gasteiger partial charge < -0.3 is 19.3 Å². The second kappa shape index (κ2) is 15.0. The van der Waals surface area contributed by atoms with Crippen LogP contribution in [0.4, 0.5) is 10.7 Å². The van der Waals surface area contributed by atoms with Crippen LogP contribution in [0.5, 0.6) is 0 Å². The van der Waals surface area contributed by atoms with Crippen LogP contribution in [-0.2, 0) is 20.8 Å². The first-order valence-electron chi connectivity index (χ1n) is 16.0. The molecule has 1 aromatic heterocycles. The number of likely N-dealkylation sites (tertiary alicyclic amines) is 1. The summed E-state index contributed by atoms with van der Waals surface area (Å²) in [7, 11) is 3.38. The van der Waals surface area contributed by atoms with Gasteiger partial charge in [-0.05, 0) is 80.7 Å². The normalized spacial score (nSPS) is 26.5. The Balaban J connectivity index is 1.35. The zero-order chi connectivity index (χ0) is 32.1. The highest BCUT2D eigenvalue weighted by molar-refractivity contribution is 6.34. The van der Waals surface area contributed by atoms with E-state index in [1.807, 2.05) is 47.7 Å². The molecule has 244 valence electrons. The van der Waals surface area contributed by atoms with Crippen molar-refractivity contribution in [3.05, 3.63) is 51.8 Å². The number of methoxy groups -OCH3 is 1. The zero-order valence-corrected chi connectivity index (χ0v) is 28.1. The topological polar surface area (TPSA) is 100 Å². The van der Waals surface area contributed by atoms with Gasteiger partial charge in [-0.25, -0.2) is 14.8 Å². The van der Waals surface area contributed by atoms with Crippen molar-refractivity contribution >= 4 is 47.4 Å². The maximum atomic E-state index is 13.7. The number of anilines is 1. The van der Waals surface area contributed by atoms with E-state index >= 15 is 0 Å². The number of hydrogen-bond acceptors (Lipinski definition) is 9. The van der Waals surface area contributed by atoms with Gasteiger partial charge in [0.05, 0.1) is 13.0 Å². The van der Waals surface area contributed by atoms with Gasteiger partial charge in [0.25, 0.3) is 0 Å². The van der Waals surface area contributed by atoms with E-state index in [2.05, 4.69) is 23.8 Å². The molecule has 12 heteroatoms. The van der Waals surface area contributed by atoms with E-state index in [1.54, 1.807) is 6.07 Å². The number of rotatable bonds is 9. The number of nitrogens with zero attached hydrogens (tertiary/aromatic N) is 6. The summed E-state index contributed by atoms with van der Waals surface area (Å²) >= 11 is 12.8. The highest BCUT2D eigenvalue weighted by atomic mass is 35.5. The van der Waals surface area contributed by atoms with Gasteiger partial charge in [-0.15, -0.1) is 0 Å². The molecule has 45 heavy (non-hydrogen) atoms. The lowest BCUT2D eigenvalue weighted by Crippen LogP contribution is -2.57. The van der Waals surface area contributed by atoms with Crippen LogP contribution in [0.3, 0.4) is 0 Å². The predicted molar refractivity (Wildman–Crippen MR) is 176 cm³/mol. The molecular formula is C33H44Cl2N6O4. The minimum Gasteiger partial charge on any atom is -0.469 e. The predicted octanol–water partition coefficient (Wildman–Crippen LogP) is 6.69. The van der Waals surface area contributed by atoms with Crippen molar-refractivity contribution in [1.82, 2.24) is 19.9 Å². The number of ether oxygens (including phenoxy) is 2. The molecule has 3 heterocycles. The third-order valence-corrected chi connectivity index (χ3v) is 9.90. The number of carbonyl (C=O) groups is 2. The molecule has 0 N–H and O–H groups in total. The third kappa shape index (κ3) is 8.01. The Kier molecular flexibility index (Phi) is 11.1. The molecule has 2 aromatic rings. The summed E-state index contributed by atoms with van der Waals surface area (Å²) in [6, 6.07) is 5.63. The number of hydrazone groups is 1. The summed E-state index contributed by atoms with van der Waals surface area (Å²) in [6.07, 6.45) is 11.0. The number of likely N-dealkylation sites (N-methyl/N-ethyl adjacent to an activating group) is 1. The highest BCUT2D eigenvalue weighted by Crippen LogP contribution is 2.35. The number of amides is 1. The molecule has 10 nitrogen and oxygen atoms in total. The van der Waals surface area contributed by atoms with Crippen molar-refractivity contribution < 1.29 is 19.1 Å². The standard InChI is InChI=1S/C33H44Cl2N6O4/c1-5-27-14-29(15-28(6-2)41(27)33(43)45-30-9-7-22(8-10-30)31(42)44-4)40(19-21-11-25(34)13-26(35)12-21)32-36-16-23(17-37-32)24-18-38-39(3)20-24/h11-13,16-18,22,24,27-30H,5-10,14-15,19-20H2,1-4H3/t22-,24?,27-,28+,29+,30-. The molecule has 2 fully saturated rings. The molecule has 0 spiro atoms. The Morgan fingerprint density at radius 1 is 0.978 bits per heavy atom. The SMILES string of the molecule is CC[C@@H]1C[C@H](N(Cc2cc(Cl)cc(Cl)c2)c2ncc(C3C=NN(C)C3)cn2)C[C@H](CC)N1C(=O)O[C@H]1CC[C@H](C(=O)OC)CC1. The summed E-state index contributed by atoms with van der Waals surface area (Å²) in [4.78, 5) is 39.6. The van der Waals surface area contributed by atoms with Crippen LogP contribution in [0, 0.1) is 5.92 Å². The molecular weight excluding hydrogens is 615 g/mol. The largest absolute Gasteiger partial charge is 0.469 e. The molecule has 3 aliphatic rings. The smallest absolute Gasteiger partial charge is 0.410 e. The average Bonchev–Trinajstić information content (AvgIpc) is 3.48. The van der Waals surface area contributed by atoms with Crippen molar-refractivity contribution in [2.45, 2.75) is 102 Å². The summed E-state index contributed by atoms with van der Waals surface area (Å²) in [5.74, 6) is 0.494. The van der Waals surface area contributed by atoms with Crippen molar-refractivity contribution in [2.75, 3.05) is 25.6 Å². The zero-order valence-electron chi connectivity index (χ0n) is 26.6. The van der Waals surface area contributed by atoms with E-state index in [0.717, 1.165) is 43.4 Å². The van der Waals surface area contributed by atoms with Gasteiger partial charge in [0.15, 0.2) is 0 Å². The fraction of sp³-hybridized carbons (Fsp3) is 0.606. The van der Waals surface area contributed by atoms with E-state index in [9.17, 15) is 9.59 Å². The average molecular weight is 660 g/mol. The second-order valence-corrected chi connectivity index (χ2v) is 13.3. The Morgan fingerprint density at radius 2 is 1.60 bits per heavy atom. The Labute approximate surface area is 276 Å². The first-order valence-corrected chi connectivity index (χ1v) is 16.8. The molecule has 1 unspecified atom stereocenters. The van der Waals surface area contributed by atoms with Gasteiger partial charge in [-0.3, -0.25) is 9.80 Å². The highest BCUT2D eigenvalue weighted by Gasteiger charge is 2.41. The molecule has 0 bridgehead atoms. The minimum atomic E-state index is -0.259. The molecule has 1 saturated heterocycles. The quantitative estimate of drug-likeness (QED) is 0.275. The monoisotopic (exact) mass is 658 g/mol. The van der Waals surface area contributed by atoms with Crippen molar-refractivity contribution in [3.8, 4) is 0 Å². The van der Waals surface area contributed by atoms with Gasteiger partial charge >= 0.3 is 12.1 Å².